The Hall–Kier alpha value is -2.07. The number of rotatable bonds is 4. The maximum Gasteiger partial charge on any atom is 0.355 e. The average Bonchev–Trinajstić information content (AvgIpc) is 2.98. The molecule has 10 heteroatoms. The number of nitrogens with one attached hydrogen (secondary N) is 2. The number of nitrogens with zero attached hydrogens (tertiary/aromatic N) is 3. The standard InChI is InChI=1S/C10H11N5O3S2/c1-4(7-13-6(3-19-7)8(16)17)11-9(18)14-10-12-5(2)15-20-10/h3-4H,1-2H3,(H,16,17)(H2,11,12,14,15,18). The maximum absolute atomic E-state index is 11.7. The molecule has 2 heterocycles. The molecule has 2 rings (SSSR count). The number of aryl methyl sites for hydroxylation is 1. The summed E-state index contributed by atoms with van der Waals surface area (Å²) < 4.78 is 3.94. The molecule has 0 bridgehead atoms. The van der Waals surface area contributed by atoms with Crippen LogP contribution in [-0.4, -0.2) is 31.4 Å². The van der Waals surface area contributed by atoms with E-state index < -0.39 is 18.0 Å². The normalized spacial score (nSPS) is 11.9. The number of carbonyl (C=O) groups is 2. The Labute approximate surface area is 122 Å². The third-order valence-corrected chi connectivity index (χ3v) is 3.96. The molecule has 1 unspecified atom stereocenters. The van der Waals surface area contributed by atoms with Gasteiger partial charge in [0.2, 0.25) is 5.13 Å². The summed E-state index contributed by atoms with van der Waals surface area (Å²) in [4.78, 5) is 30.4. The summed E-state index contributed by atoms with van der Waals surface area (Å²) in [5.41, 5.74) is -0.0289. The molecule has 8 nitrogen and oxygen atoms in total. The van der Waals surface area contributed by atoms with Gasteiger partial charge in [0, 0.05) is 16.9 Å². The van der Waals surface area contributed by atoms with Gasteiger partial charge in [-0.1, -0.05) is 0 Å². The molecule has 0 fully saturated rings. The molecule has 2 aromatic heterocycles. The lowest BCUT2D eigenvalue weighted by Gasteiger charge is -2.10. The van der Waals surface area contributed by atoms with Crippen LogP contribution < -0.4 is 10.6 Å². The van der Waals surface area contributed by atoms with E-state index in [9.17, 15) is 9.59 Å². The number of thiazole rings is 1. The first-order chi connectivity index (χ1) is 9.45. The Kier molecular flexibility index (Phi) is 4.25. The third-order valence-electron chi connectivity index (χ3n) is 2.21. The highest BCUT2D eigenvalue weighted by Gasteiger charge is 2.16. The first-order valence-corrected chi connectivity index (χ1v) is 7.17. The molecule has 2 amide bonds. The predicted molar refractivity (Wildman–Crippen MR) is 74.3 cm³/mol. The smallest absolute Gasteiger partial charge is 0.355 e. The van der Waals surface area contributed by atoms with Crippen molar-refractivity contribution in [1.29, 1.82) is 0 Å². The molecule has 0 aliphatic rings. The number of aromatic nitrogens is 3. The van der Waals surface area contributed by atoms with Crippen molar-refractivity contribution in [2.75, 3.05) is 5.32 Å². The van der Waals surface area contributed by atoms with E-state index in [4.69, 9.17) is 5.11 Å². The lowest BCUT2D eigenvalue weighted by molar-refractivity contribution is 0.0691. The van der Waals surface area contributed by atoms with E-state index in [-0.39, 0.29) is 5.69 Å². The zero-order valence-corrected chi connectivity index (χ0v) is 12.2. The molecule has 0 saturated heterocycles. The van der Waals surface area contributed by atoms with Gasteiger partial charge in [-0.15, -0.1) is 11.3 Å². The van der Waals surface area contributed by atoms with E-state index >= 15 is 0 Å². The molecular formula is C10H11N5O3S2. The monoisotopic (exact) mass is 313 g/mol. The number of hydrogen-bond donors (Lipinski definition) is 3. The van der Waals surface area contributed by atoms with Crippen LogP contribution in [0.5, 0.6) is 0 Å². The van der Waals surface area contributed by atoms with Crippen LogP contribution >= 0.6 is 22.9 Å². The molecule has 106 valence electrons. The van der Waals surface area contributed by atoms with Crippen LogP contribution in [-0.2, 0) is 0 Å². The van der Waals surface area contributed by atoms with Crippen LogP contribution in [0.2, 0.25) is 0 Å². The van der Waals surface area contributed by atoms with Crippen molar-refractivity contribution in [2.24, 2.45) is 0 Å². The summed E-state index contributed by atoms with van der Waals surface area (Å²) in [6.45, 7) is 3.45. The summed E-state index contributed by atoms with van der Waals surface area (Å²) >= 11 is 2.26. The fourth-order valence-electron chi connectivity index (χ4n) is 1.32. The van der Waals surface area contributed by atoms with E-state index in [1.807, 2.05) is 0 Å². The fourth-order valence-corrected chi connectivity index (χ4v) is 2.69. The Morgan fingerprint density at radius 2 is 2.15 bits per heavy atom. The first kappa shape index (κ1) is 14.3. The number of urea groups is 1. The first-order valence-electron chi connectivity index (χ1n) is 5.52. The van der Waals surface area contributed by atoms with E-state index in [0.717, 1.165) is 11.5 Å². The number of carboxylic acids is 1. The minimum Gasteiger partial charge on any atom is -0.476 e. The Bertz CT molecular complexity index is 638. The van der Waals surface area contributed by atoms with Crippen molar-refractivity contribution in [3.05, 3.63) is 21.9 Å². The molecule has 20 heavy (non-hydrogen) atoms. The molecule has 2 aromatic rings. The van der Waals surface area contributed by atoms with Crippen molar-refractivity contribution in [2.45, 2.75) is 19.9 Å². The van der Waals surface area contributed by atoms with Crippen molar-refractivity contribution >= 4 is 40.0 Å². The number of amides is 2. The van der Waals surface area contributed by atoms with Crippen LogP contribution in [0.3, 0.4) is 0 Å². The number of carboxylic acid groups (broad SMARTS) is 1. The summed E-state index contributed by atoms with van der Waals surface area (Å²) in [6.07, 6.45) is 0. The maximum atomic E-state index is 11.7. The van der Waals surface area contributed by atoms with Crippen LogP contribution in [0.15, 0.2) is 5.38 Å². The highest BCUT2D eigenvalue weighted by molar-refractivity contribution is 7.10. The number of carbonyl (C=O) groups excluding carboxylic acids is 1. The number of anilines is 1. The van der Waals surface area contributed by atoms with Gasteiger partial charge in [-0.25, -0.2) is 19.6 Å². The second kappa shape index (κ2) is 5.92. The van der Waals surface area contributed by atoms with Gasteiger partial charge in [-0.3, -0.25) is 5.32 Å². The Morgan fingerprint density at radius 1 is 1.40 bits per heavy atom. The van der Waals surface area contributed by atoms with Gasteiger partial charge in [0.15, 0.2) is 5.69 Å². The molecule has 0 aliphatic carbocycles. The number of hydrogen-bond acceptors (Lipinski definition) is 7. The van der Waals surface area contributed by atoms with Gasteiger partial charge in [-0.2, -0.15) is 4.37 Å². The van der Waals surface area contributed by atoms with Crippen LogP contribution in [0.25, 0.3) is 0 Å². The van der Waals surface area contributed by atoms with E-state index in [2.05, 4.69) is 25.0 Å². The van der Waals surface area contributed by atoms with Crippen LogP contribution in [0.1, 0.15) is 34.3 Å². The minimum atomic E-state index is -1.09. The average molecular weight is 313 g/mol. The molecule has 0 aromatic carbocycles. The molecule has 3 N–H and O–H groups in total. The van der Waals surface area contributed by atoms with Gasteiger partial charge in [-0.05, 0) is 13.8 Å². The van der Waals surface area contributed by atoms with Gasteiger partial charge in [0.25, 0.3) is 0 Å². The lowest BCUT2D eigenvalue weighted by atomic mass is 10.3. The van der Waals surface area contributed by atoms with E-state index in [1.165, 1.54) is 16.7 Å². The molecule has 1 atom stereocenters. The molecule has 0 spiro atoms. The van der Waals surface area contributed by atoms with Gasteiger partial charge < -0.3 is 10.4 Å². The highest BCUT2D eigenvalue weighted by Crippen LogP contribution is 2.18. The largest absolute Gasteiger partial charge is 0.476 e. The van der Waals surface area contributed by atoms with E-state index in [1.54, 1.807) is 13.8 Å². The minimum absolute atomic E-state index is 0.0289. The van der Waals surface area contributed by atoms with Crippen LogP contribution in [0, 0.1) is 6.92 Å². The summed E-state index contributed by atoms with van der Waals surface area (Å²) in [5, 5.41) is 16.3. The molecular weight excluding hydrogens is 302 g/mol. The Morgan fingerprint density at radius 3 is 2.70 bits per heavy atom. The quantitative estimate of drug-likeness (QED) is 0.793. The zero-order chi connectivity index (χ0) is 14.7. The van der Waals surface area contributed by atoms with Crippen molar-refractivity contribution in [3.8, 4) is 0 Å². The topological polar surface area (TPSA) is 117 Å². The zero-order valence-electron chi connectivity index (χ0n) is 10.6. The predicted octanol–water partition coefficient (Wildman–Crippen LogP) is 1.88. The highest BCUT2D eigenvalue weighted by atomic mass is 32.1. The summed E-state index contributed by atoms with van der Waals surface area (Å²) in [7, 11) is 0. The van der Waals surface area contributed by atoms with Gasteiger partial charge in [0.05, 0.1) is 6.04 Å². The molecule has 0 radical (unpaired) electrons. The lowest BCUT2D eigenvalue weighted by Crippen LogP contribution is -2.31. The summed E-state index contributed by atoms with van der Waals surface area (Å²) in [5.74, 6) is -0.502. The van der Waals surface area contributed by atoms with Crippen molar-refractivity contribution in [1.82, 2.24) is 19.7 Å². The fraction of sp³-hybridized carbons (Fsp3) is 0.300. The second-order valence-corrected chi connectivity index (χ2v) is 5.48. The van der Waals surface area contributed by atoms with Crippen molar-refractivity contribution in [3.63, 3.8) is 0 Å². The second-order valence-electron chi connectivity index (χ2n) is 3.84. The van der Waals surface area contributed by atoms with Gasteiger partial charge >= 0.3 is 12.0 Å². The van der Waals surface area contributed by atoms with Crippen molar-refractivity contribution < 1.29 is 14.7 Å². The Balaban J connectivity index is 1.94. The molecule has 0 saturated carbocycles. The van der Waals surface area contributed by atoms with E-state index in [0.29, 0.717) is 16.0 Å². The SMILES string of the molecule is Cc1nsc(NC(=O)NC(C)c2nc(C(=O)O)cs2)n1. The number of aromatic carboxylic acids is 1. The summed E-state index contributed by atoms with van der Waals surface area (Å²) in [6, 6.07) is -0.845. The van der Waals surface area contributed by atoms with Gasteiger partial charge in [0.1, 0.15) is 10.8 Å². The van der Waals surface area contributed by atoms with Crippen LogP contribution in [0.4, 0.5) is 9.93 Å². The molecule has 0 aliphatic heterocycles. The third kappa shape index (κ3) is 3.48.